The van der Waals surface area contributed by atoms with Gasteiger partial charge in [-0.1, -0.05) is 12.1 Å². The van der Waals surface area contributed by atoms with Crippen molar-refractivity contribution in [2.75, 3.05) is 27.2 Å². The van der Waals surface area contributed by atoms with Crippen LogP contribution in [-0.2, 0) is 4.74 Å². The number of ether oxygens (including phenoxy) is 2. The average molecular weight is 281 g/mol. The van der Waals surface area contributed by atoms with Crippen LogP contribution in [0, 0.1) is 0 Å². The van der Waals surface area contributed by atoms with Crippen LogP contribution in [0.5, 0.6) is 5.75 Å². The Bertz CT molecular complexity index is 456. The molecule has 0 spiro atoms. The lowest BCUT2D eigenvalue weighted by Crippen LogP contribution is -2.68. The van der Waals surface area contributed by atoms with Gasteiger partial charge in [0, 0.05) is 12.6 Å². The molecule has 0 bridgehead atoms. The molecular formula is C15H25N2O3+. The van der Waals surface area contributed by atoms with Gasteiger partial charge in [-0.3, -0.25) is 0 Å². The maximum atomic E-state index is 9.95. The third-order valence-electron chi connectivity index (χ3n) is 2.50. The van der Waals surface area contributed by atoms with Crippen LogP contribution >= 0.6 is 0 Å². The Labute approximate surface area is 120 Å². The van der Waals surface area contributed by atoms with E-state index in [0.29, 0.717) is 24.6 Å². The van der Waals surface area contributed by atoms with E-state index < -0.39 is 5.60 Å². The monoisotopic (exact) mass is 281 g/mol. The SMILES string of the molecule is CCOc1ccccc1[NH+]=C(O)OC(C)(C)CN(C)C. The molecule has 1 rings (SSSR count). The largest absolute Gasteiger partial charge is 0.551 e. The number of likely N-dealkylation sites (N-methyl/N-ethyl adjacent to an activating group) is 1. The number of hydrogen-bond acceptors (Lipinski definition) is 3. The van der Waals surface area contributed by atoms with Crippen molar-refractivity contribution in [3.05, 3.63) is 24.3 Å². The molecule has 0 aliphatic heterocycles. The normalized spacial score (nSPS) is 12.6. The lowest BCUT2D eigenvalue weighted by Gasteiger charge is -2.26. The van der Waals surface area contributed by atoms with Crippen LogP contribution in [0.3, 0.4) is 0 Å². The van der Waals surface area contributed by atoms with E-state index in [9.17, 15) is 5.11 Å². The molecular weight excluding hydrogens is 256 g/mol. The second kappa shape index (κ2) is 7.14. The molecule has 0 unspecified atom stereocenters. The van der Waals surface area contributed by atoms with Crippen molar-refractivity contribution in [3.8, 4) is 5.75 Å². The van der Waals surface area contributed by atoms with Gasteiger partial charge in [0.15, 0.2) is 5.75 Å². The van der Waals surface area contributed by atoms with Gasteiger partial charge in [-0.2, -0.15) is 0 Å². The van der Waals surface area contributed by atoms with Gasteiger partial charge >= 0.3 is 6.08 Å². The van der Waals surface area contributed by atoms with E-state index in [1.165, 1.54) is 0 Å². The summed E-state index contributed by atoms with van der Waals surface area (Å²) in [5, 5.41) is 9.95. The molecule has 0 aliphatic carbocycles. The molecule has 0 aliphatic rings. The minimum atomic E-state index is -0.499. The van der Waals surface area contributed by atoms with E-state index >= 15 is 0 Å². The molecule has 112 valence electrons. The van der Waals surface area contributed by atoms with Crippen molar-refractivity contribution < 1.29 is 19.6 Å². The van der Waals surface area contributed by atoms with Crippen LogP contribution in [0.15, 0.2) is 24.3 Å². The number of aliphatic hydroxyl groups is 1. The lowest BCUT2D eigenvalue weighted by atomic mass is 10.1. The standard InChI is InChI=1S/C15H24N2O3/c1-6-19-13-10-8-7-9-12(13)16-14(18)20-15(2,3)11-17(4)5/h7-10H,6,11H2,1-5H3,(H,16,18)/p+1. The fraction of sp³-hybridized carbons (Fsp3) is 0.533. The summed E-state index contributed by atoms with van der Waals surface area (Å²) < 4.78 is 11.0. The molecule has 0 saturated carbocycles. The van der Waals surface area contributed by atoms with Gasteiger partial charge in [0.2, 0.25) is 0 Å². The van der Waals surface area contributed by atoms with Gasteiger partial charge < -0.3 is 19.5 Å². The molecule has 1 aromatic rings. The Kier molecular flexibility index (Phi) is 5.82. The zero-order valence-corrected chi connectivity index (χ0v) is 12.9. The quantitative estimate of drug-likeness (QED) is 0.605. The Hall–Kier alpha value is -1.75. The first-order chi connectivity index (χ1) is 9.34. The third kappa shape index (κ3) is 5.48. The smallest absolute Gasteiger partial charge is 0.487 e. The molecule has 0 radical (unpaired) electrons. The average Bonchev–Trinajstić information content (AvgIpc) is 2.29. The number of nitrogens with one attached hydrogen (secondary N) is 1. The van der Waals surface area contributed by atoms with Crippen molar-refractivity contribution >= 4 is 11.8 Å². The highest BCUT2D eigenvalue weighted by molar-refractivity contribution is 5.60. The molecule has 0 aromatic heterocycles. The fourth-order valence-corrected chi connectivity index (χ4v) is 2.05. The Morgan fingerprint density at radius 2 is 1.95 bits per heavy atom. The van der Waals surface area contributed by atoms with Crippen LogP contribution in [0.2, 0.25) is 0 Å². The van der Waals surface area contributed by atoms with Gasteiger partial charge in [-0.05, 0) is 40.9 Å². The van der Waals surface area contributed by atoms with Crippen LogP contribution in [0.1, 0.15) is 20.8 Å². The van der Waals surface area contributed by atoms with Crippen LogP contribution < -0.4 is 9.73 Å². The van der Waals surface area contributed by atoms with Crippen molar-refractivity contribution in [2.24, 2.45) is 0 Å². The molecule has 2 N–H and O–H groups in total. The van der Waals surface area contributed by atoms with Gasteiger partial charge in [0.25, 0.3) is 5.69 Å². The molecule has 5 nitrogen and oxygen atoms in total. The summed E-state index contributed by atoms with van der Waals surface area (Å²) in [6.45, 7) is 6.99. The molecule has 0 saturated heterocycles. The van der Waals surface area contributed by atoms with E-state index in [2.05, 4.69) is 4.99 Å². The van der Waals surface area contributed by atoms with Gasteiger partial charge in [0.05, 0.1) is 6.61 Å². The van der Waals surface area contributed by atoms with E-state index in [1.807, 2.05) is 64.0 Å². The Morgan fingerprint density at radius 1 is 1.30 bits per heavy atom. The minimum absolute atomic E-state index is 0.232. The maximum Gasteiger partial charge on any atom is 0.551 e. The second-order valence-corrected chi connectivity index (χ2v) is 5.46. The van der Waals surface area contributed by atoms with E-state index in [4.69, 9.17) is 9.47 Å². The molecule has 0 atom stereocenters. The highest BCUT2D eigenvalue weighted by Crippen LogP contribution is 2.18. The van der Waals surface area contributed by atoms with Crippen molar-refractivity contribution in [1.82, 2.24) is 4.90 Å². The number of benzene rings is 1. The van der Waals surface area contributed by atoms with Crippen molar-refractivity contribution in [1.29, 1.82) is 0 Å². The van der Waals surface area contributed by atoms with Gasteiger partial charge in [-0.15, -0.1) is 4.99 Å². The highest BCUT2D eigenvalue weighted by atomic mass is 16.6. The van der Waals surface area contributed by atoms with Crippen LogP contribution in [0.25, 0.3) is 0 Å². The van der Waals surface area contributed by atoms with Crippen LogP contribution in [0.4, 0.5) is 5.69 Å². The summed E-state index contributed by atoms with van der Waals surface area (Å²) in [5.41, 5.74) is 0.175. The fourth-order valence-electron chi connectivity index (χ4n) is 2.05. The van der Waals surface area contributed by atoms with Crippen molar-refractivity contribution in [2.45, 2.75) is 26.4 Å². The number of nitrogens with zero attached hydrogens (tertiary/aromatic N) is 1. The van der Waals surface area contributed by atoms with E-state index in [0.717, 1.165) is 0 Å². The number of aliphatic hydroxyl groups excluding tert-OH is 1. The third-order valence-corrected chi connectivity index (χ3v) is 2.50. The molecule has 0 heterocycles. The summed E-state index contributed by atoms with van der Waals surface area (Å²) in [7, 11) is 3.92. The summed E-state index contributed by atoms with van der Waals surface area (Å²) in [6, 6.07) is 7.40. The number of hydrogen-bond donors (Lipinski definition) is 2. The lowest BCUT2D eigenvalue weighted by molar-refractivity contribution is -0.387. The number of para-hydroxylation sites is 2. The highest BCUT2D eigenvalue weighted by Gasteiger charge is 2.25. The van der Waals surface area contributed by atoms with E-state index in [1.54, 1.807) is 0 Å². The minimum Gasteiger partial charge on any atom is -0.487 e. The Morgan fingerprint density at radius 3 is 2.55 bits per heavy atom. The summed E-state index contributed by atoms with van der Waals surface area (Å²) in [4.78, 5) is 4.83. The summed E-state index contributed by atoms with van der Waals surface area (Å²) >= 11 is 0. The first kappa shape index (κ1) is 16.3. The first-order valence-electron chi connectivity index (χ1n) is 6.72. The maximum absolute atomic E-state index is 9.95. The topological polar surface area (TPSA) is 55.9 Å². The Balaban J connectivity index is 2.83. The first-order valence-corrected chi connectivity index (χ1v) is 6.72. The van der Waals surface area contributed by atoms with Gasteiger partial charge in [-0.25, -0.2) is 0 Å². The predicted molar refractivity (Wildman–Crippen MR) is 79.6 cm³/mol. The second-order valence-electron chi connectivity index (χ2n) is 5.46. The molecule has 0 fully saturated rings. The molecule has 0 amide bonds. The van der Waals surface area contributed by atoms with E-state index in [-0.39, 0.29) is 6.08 Å². The summed E-state index contributed by atoms with van der Waals surface area (Å²) in [5.74, 6) is 0.676. The molecule has 1 aromatic carbocycles. The zero-order valence-electron chi connectivity index (χ0n) is 12.9. The number of rotatable bonds is 6. The molecule has 5 heteroatoms. The van der Waals surface area contributed by atoms with Gasteiger partial charge in [0.1, 0.15) is 5.60 Å². The molecule has 20 heavy (non-hydrogen) atoms. The predicted octanol–water partition coefficient (Wildman–Crippen LogP) is 1.07. The van der Waals surface area contributed by atoms with Crippen LogP contribution in [-0.4, -0.2) is 48.9 Å². The zero-order chi connectivity index (χ0) is 15.2. The van der Waals surface area contributed by atoms with Crippen molar-refractivity contribution in [3.63, 3.8) is 0 Å². The summed E-state index contributed by atoms with van der Waals surface area (Å²) in [6.07, 6.45) is -0.232.